The van der Waals surface area contributed by atoms with Gasteiger partial charge in [0.2, 0.25) is 0 Å². The maximum Gasteiger partial charge on any atom is 0.459 e. The quantitative estimate of drug-likeness (QED) is 0.532. The molecule has 1 aromatic carbocycles. The van der Waals surface area contributed by atoms with Crippen LogP contribution in [-0.2, 0) is 23.4 Å². The highest BCUT2D eigenvalue weighted by Crippen LogP contribution is 2.45. The number of benzene rings is 1. The van der Waals surface area contributed by atoms with Crippen LogP contribution in [0.15, 0.2) is 30.3 Å². The summed E-state index contributed by atoms with van der Waals surface area (Å²) in [6.45, 7) is 1.76. The van der Waals surface area contributed by atoms with Crippen LogP contribution in [0.25, 0.3) is 0 Å². The van der Waals surface area contributed by atoms with E-state index in [2.05, 4.69) is 9.82 Å². The summed E-state index contributed by atoms with van der Waals surface area (Å²) in [6, 6.07) is 7.54. The topological polar surface area (TPSA) is 103 Å². The van der Waals surface area contributed by atoms with Gasteiger partial charge in [-0.2, -0.15) is 5.09 Å². The van der Waals surface area contributed by atoms with Crippen LogP contribution in [-0.4, -0.2) is 49.6 Å². The van der Waals surface area contributed by atoms with Crippen LogP contribution >= 0.6 is 7.75 Å². The first-order valence-electron chi connectivity index (χ1n) is 7.58. The molecule has 1 aliphatic heterocycles. The van der Waals surface area contributed by atoms with E-state index in [4.69, 9.17) is 13.8 Å². The maximum atomic E-state index is 13.0. The number of aliphatic hydroxyl groups excluding tert-OH is 1. The third-order valence-electron chi connectivity index (χ3n) is 3.46. The first-order chi connectivity index (χ1) is 11.4. The minimum Gasteiger partial charge on any atom is -0.468 e. The largest absolute Gasteiger partial charge is 0.468 e. The van der Waals surface area contributed by atoms with Gasteiger partial charge in [-0.05, 0) is 25.5 Å². The summed E-state index contributed by atoms with van der Waals surface area (Å²) in [4.78, 5) is 11.6. The molecule has 0 spiro atoms. The predicted molar refractivity (Wildman–Crippen MR) is 85.6 cm³/mol. The Balaban J connectivity index is 2.07. The summed E-state index contributed by atoms with van der Waals surface area (Å²) < 4.78 is 33.7. The lowest BCUT2D eigenvalue weighted by molar-refractivity contribution is -0.142. The zero-order chi connectivity index (χ0) is 17.6. The van der Waals surface area contributed by atoms with Crippen molar-refractivity contribution in [3.8, 4) is 5.75 Å². The molecular formula is C15H22NO7P. The monoisotopic (exact) mass is 359 g/mol. The maximum absolute atomic E-state index is 13.0. The van der Waals surface area contributed by atoms with Crippen molar-refractivity contribution < 1.29 is 33.0 Å². The Labute approximate surface area is 140 Å². The third kappa shape index (κ3) is 5.29. The van der Waals surface area contributed by atoms with Gasteiger partial charge < -0.3 is 19.1 Å². The Hall–Kier alpha value is -1.44. The van der Waals surface area contributed by atoms with Gasteiger partial charge in [-0.15, -0.1) is 0 Å². The van der Waals surface area contributed by atoms with Crippen molar-refractivity contribution in [1.29, 1.82) is 0 Å². The molecule has 0 aliphatic carbocycles. The average Bonchev–Trinajstić information content (AvgIpc) is 2.98. The standard InChI is InChI=1S/C15H22NO7P/c1-11(15(18)20-2)16-24(19,23-12-6-4-3-5-7-12)22-10-14-13(17)8-9-21-14/h3-7,11,13-14,17H,8-10H2,1-2H3,(H,16,19)/t11-,13+,14?,24?/m0/s1. The fraction of sp³-hybridized carbons (Fsp3) is 0.533. The van der Waals surface area contributed by atoms with E-state index in [1.54, 1.807) is 30.3 Å². The normalized spacial score (nSPS) is 24.1. The van der Waals surface area contributed by atoms with Gasteiger partial charge in [-0.3, -0.25) is 9.32 Å². The molecule has 1 aliphatic rings. The Morgan fingerprint density at radius 3 is 2.75 bits per heavy atom. The first kappa shape index (κ1) is 18.9. The second-order valence-corrected chi connectivity index (χ2v) is 7.03. The van der Waals surface area contributed by atoms with Crippen molar-refractivity contribution in [2.75, 3.05) is 20.3 Å². The number of nitrogens with one attached hydrogen (secondary N) is 1. The van der Waals surface area contributed by atoms with Crippen molar-refractivity contribution in [3.63, 3.8) is 0 Å². The Morgan fingerprint density at radius 1 is 1.46 bits per heavy atom. The molecule has 9 heteroatoms. The summed E-state index contributed by atoms with van der Waals surface area (Å²) in [5.41, 5.74) is 0. The van der Waals surface area contributed by atoms with Gasteiger partial charge in [0.25, 0.3) is 0 Å². The highest BCUT2D eigenvalue weighted by molar-refractivity contribution is 7.52. The van der Waals surface area contributed by atoms with Crippen LogP contribution in [0.3, 0.4) is 0 Å². The molecule has 0 amide bonds. The average molecular weight is 359 g/mol. The molecule has 1 saturated heterocycles. The van der Waals surface area contributed by atoms with E-state index in [-0.39, 0.29) is 6.61 Å². The number of carbonyl (C=O) groups is 1. The van der Waals surface area contributed by atoms with Gasteiger partial charge in [0, 0.05) is 6.61 Å². The molecule has 4 atom stereocenters. The summed E-state index contributed by atoms with van der Waals surface area (Å²) >= 11 is 0. The molecule has 1 heterocycles. The van der Waals surface area contributed by atoms with Gasteiger partial charge >= 0.3 is 13.7 Å². The fourth-order valence-corrected chi connectivity index (χ4v) is 3.65. The summed E-state index contributed by atoms with van der Waals surface area (Å²) in [5.74, 6) is -0.286. The number of para-hydroxylation sites is 1. The summed E-state index contributed by atoms with van der Waals surface area (Å²) in [6.07, 6.45) is -0.787. The number of carbonyl (C=O) groups excluding carboxylic acids is 1. The van der Waals surface area contributed by atoms with Crippen molar-refractivity contribution in [2.24, 2.45) is 0 Å². The van der Waals surface area contributed by atoms with E-state index in [9.17, 15) is 14.5 Å². The number of esters is 1. The molecule has 0 aromatic heterocycles. The van der Waals surface area contributed by atoms with Crippen LogP contribution in [0.1, 0.15) is 13.3 Å². The number of hydrogen-bond acceptors (Lipinski definition) is 7. The molecule has 2 unspecified atom stereocenters. The van der Waals surface area contributed by atoms with Gasteiger partial charge in [0.15, 0.2) is 0 Å². The van der Waals surface area contributed by atoms with Gasteiger partial charge in [-0.1, -0.05) is 18.2 Å². The Bertz CT molecular complexity index is 582. The third-order valence-corrected chi connectivity index (χ3v) is 5.10. The number of aliphatic hydroxyl groups is 1. The zero-order valence-electron chi connectivity index (χ0n) is 13.6. The Kier molecular flexibility index (Phi) is 6.77. The molecule has 134 valence electrons. The number of ether oxygens (including phenoxy) is 2. The molecule has 0 bridgehead atoms. The zero-order valence-corrected chi connectivity index (χ0v) is 14.5. The second kappa shape index (κ2) is 8.60. The lowest BCUT2D eigenvalue weighted by Crippen LogP contribution is -2.36. The SMILES string of the molecule is COC(=O)[C@H](C)NP(=O)(OCC1OCC[C@H]1O)Oc1ccccc1. The number of methoxy groups -OCH3 is 1. The van der Waals surface area contributed by atoms with E-state index in [1.807, 2.05) is 0 Å². The highest BCUT2D eigenvalue weighted by atomic mass is 31.2. The molecular weight excluding hydrogens is 337 g/mol. The minimum absolute atomic E-state index is 0.133. The second-order valence-electron chi connectivity index (χ2n) is 5.34. The summed E-state index contributed by atoms with van der Waals surface area (Å²) in [7, 11) is -2.66. The number of hydrogen-bond donors (Lipinski definition) is 2. The smallest absolute Gasteiger partial charge is 0.459 e. The van der Waals surface area contributed by atoms with Crippen molar-refractivity contribution in [3.05, 3.63) is 30.3 Å². The van der Waals surface area contributed by atoms with E-state index >= 15 is 0 Å². The lowest BCUT2D eigenvalue weighted by atomic mass is 10.2. The van der Waals surface area contributed by atoms with Gasteiger partial charge in [0.05, 0.1) is 19.8 Å². The molecule has 8 nitrogen and oxygen atoms in total. The lowest BCUT2D eigenvalue weighted by Gasteiger charge is -2.24. The molecule has 24 heavy (non-hydrogen) atoms. The van der Waals surface area contributed by atoms with Crippen LogP contribution in [0.5, 0.6) is 5.75 Å². The van der Waals surface area contributed by atoms with Crippen molar-refractivity contribution >= 4 is 13.7 Å². The van der Waals surface area contributed by atoms with Crippen LogP contribution in [0.2, 0.25) is 0 Å². The van der Waals surface area contributed by atoms with Crippen LogP contribution in [0.4, 0.5) is 0 Å². The van der Waals surface area contributed by atoms with E-state index in [0.717, 1.165) is 0 Å². The molecule has 1 aromatic rings. The molecule has 1 fully saturated rings. The first-order valence-corrected chi connectivity index (χ1v) is 9.12. The van der Waals surface area contributed by atoms with Crippen molar-refractivity contribution in [1.82, 2.24) is 5.09 Å². The minimum atomic E-state index is -3.89. The Morgan fingerprint density at radius 2 is 2.17 bits per heavy atom. The predicted octanol–water partition coefficient (Wildman–Crippen LogP) is 1.49. The van der Waals surface area contributed by atoms with Gasteiger partial charge in [-0.25, -0.2) is 4.57 Å². The molecule has 2 rings (SSSR count). The van der Waals surface area contributed by atoms with Crippen molar-refractivity contribution in [2.45, 2.75) is 31.6 Å². The molecule has 0 saturated carbocycles. The molecule has 0 radical (unpaired) electrons. The van der Waals surface area contributed by atoms with Gasteiger partial charge in [0.1, 0.15) is 17.9 Å². The van der Waals surface area contributed by atoms with Crippen LogP contribution in [0, 0.1) is 0 Å². The number of rotatable bonds is 8. The van der Waals surface area contributed by atoms with E-state index in [1.165, 1.54) is 14.0 Å². The van der Waals surface area contributed by atoms with E-state index in [0.29, 0.717) is 18.8 Å². The van der Waals surface area contributed by atoms with E-state index < -0.39 is 32.0 Å². The fourth-order valence-electron chi connectivity index (χ4n) is 2.14. The summed E-state index contributed by atoms with van der Waals surface area (Å²) in [5, 5.41) is 12.3. The van der Waals surface area contributed by atoms with Crippen LogP contribution < -0.4 is 9.61 Å². The molecule has 2 N–H and O–H groups in total. The highest BCUT2D eigenvalue weighted by Gasteiger charge is 2.35.